The van der Waals surface area contributed by atoms with E-state index in [9.17, 15) is 43.5 Å². The first kappa shape index (κ1) is 67.5. The molecular formula is C55H89N11O14S. The number of hydrazine groups is 1. The molecule has 1 aliphatic heterocycles. The molecule has 81 heavy (non-hydrogen) atoms. The van der Waals surface area contributed by atoms with Crippen LogP contribution in [0.4, 0.5) is 4.79 Å². The Labute approximate surface area is 479 Å². The minimum absolute atomic E-state index is 0.0139. The number of carbonyl (C=O) groups excluding carboxylic acids is 8. The second-order valence-electron chi connectivity index (χ2n) is 20.6. The van der Waals surface area contributed by atoms with Crippen LogP contribution in [0.3, 0.4) is 0 Å². The summed E-state index contributed by atoms with van der Waals surface area (Å²) in [5.74, 6) is -3.72. The van der Waals surface area contributed by atoms with E-state index in [1.165, 1.54) is 23.5 Å². The molecule has 2 aliphatic rings. The second-order valence-corrected chi connectivity index (χ2v) is 21.5. The maximum absolute atomic E-state index is 14.8. The predicted octanol–water partition coefficient (Wildman–Crippen LogP) is 1.93. The molecule has 1 unspecified atom stereocenters. The summed E-state index contributed by atoms with van der Waals surface area (Å²) in [6, 6.07) is 2.92. The summed E-state index contributed by atoms with van der Waals surface area (Å²) in [6.07, 6.45) is 4.35. The molecule has 1 aromatic heterocycles. The summed E-state index contributed by atoms with van der Waals surface area (Å²) in [5.41, 5.74) is 11.3. The SMILES string of the molecule is CCCO[C@H](C[C@H](C(C)C)N(CCC)C(=O)[C@@H](NC(=O)[C@H]1CCCCN1C)[C@@H](C)CC)c1nc(C(=O)NC2Cc3ccc(O)cc3[C@H](C(=O)NNC(=O)OCCOCCOCCOCCNC(=O)CNC(=O)CNC(=O)CN)C2)cs1. The molecule has 7 atom stereocenters. The normalized spacial score (nSPS) is 17.6. The van der Waals surface area contributed by atoms with E-state index in [4.69, 9.17) is 34.4 Å². The highest BCUT2D eigenvalue weighted by Gasteiger charge is 2.39. The van der Waals surface area contributed by atoms with E-state index in [0.29, 0.717) is 49.4 Å². The van der Waals surface area contributed by atoms with Crippen LogP contribution in [-0.2, 0) is 58.9 Å². The quantitative estimate of drug-likeness (QED) is 0.0352. The molecule has 25 nitrogen and oxygen atoms in total. The van der Waals surface area contributed by atoms with Crippen LogP contribution in [0.1, 0.15) is 132 Å². The van der Waals surface area contributed by atoms with Crippen LogP contribution in [-0.4, -0.2) is 191 Å². The molecule has 8 amide bonds. The number of hydrogen-bond donors (Lipinski definition) is 9. The third kappa shape index (κ3) is 23.0. The highest BCUT2D eigenvalue weighted by atomic mass is 32.1. The van der Waals surface area contributed by atoms with E-state index in [-0.39, 0.29) is 126 Å². The molecule has 0 saturated carbocycles. The van der Waals surface area contributed by atoms with Crippen LogP contribution in [0.5, 0.6) is 5.75 Å². The number of phenolic OH excluding ortho intramolecular Hbond substituents is 1. The van der Waals surface area contributed by atoms with Gasteiger partial charge in [-0.15, -0.1) is 11.3 Å². The molecule has 10 N–H and O–H groups in total. The van der Waals surface area contributed by atoms with Gasteiger partial charge in [-0.3, -0.25) is 43.9 Å². The van der Waals surface area contributed by atoms with Gasteiger partial charge in [0, 0.05) is 43.6 Å². The van der Waals surface area contributed by atoms with Crippen molar-refractivity contribution >= 4 is 58.8 Å². The number of aromatic hydroxyl groups is 1. The molecule has 2 aromatic rings. The molecule has 26 heteroatoms. The Morgan fingerprint density at radius 1 is 0.840 bits per heavy atom. The zero-order chi connectivity index (χ0) is 59.3. The highest BCUT2D eigenvalue weighted by molar-refractivity contribution is 7.09. The van der Waals surface area contributed by atoms with Gasteiger partial charge >= 0.3 is 6.09 Å². The number of phenols is 1. The molecule has 454 valence electrons. The van der Waals surface area contributed by atoms with E-state index in [0.717, 1.165) is 37.8 Å². The number of likely N-dealkylation sites (tertiary alicyclic amines) is 1. The van der Waals surface area contributed by atoms with Crippen molar-refractivity contribution in [1.29, 1.82) is 0 Å². The van der Waals surface area contributed by atoms with Gasteiger partial charge in [-0.25, -0.2) is 15.2 Å². The van der Waals surface area contributed by atoms with Crippen molar-refractivity contribution in [3.8, 4) is 5.75 Å². The van der Waals surface area contributed by atoms with Crippen LogP contribution in [0.15, 0.2) is 23.6 Å². The number of aromatic nitrogens is 1. The number of amides is 8. The Hall–Kier alpha value is -6.03. The van der Waals surface area contributed by atoms with Crippen molar-refractivity contribution in [2.45, 2.75) is 136 Å². The molecular weight excluding hydrogens is 1070 g/mol. The third-order valence-corrected chi connectivity index (χ3v) is 15.0. The zero-order valence-electron chi connectivity index (χ0n) is 48.3. The van der Waals surface area contributed by atoms with Crippen molar-refractivity contribution in [2.75, 3.05) is 99.2 Å². The molecule has 1 aliphatic carbocycles. The summed E-state index contributed by atoms with van der Waals surface area (Å²) < 4.78 is 27.9. The summed E-state index contributed by atoms with van der Waals surface area (Å²) >= 11 is 1.30. The van der Waals surface area contributed by atoms with Crippen LogP contribution < -0.4 is 43.2 Å². The highest BCUT2D eigenvalue weighted by Crippen LogP contribution is 2.35. The number of carbonyl (C=O) groups is 8. The number of nitrogens with zero attached hydrogens (tertiary/aromatic N) is 3. The van der Waals surface area contributed by atoms with E-state index in [1.807, 2.05) is 39.6 Å². The van der Waals surface area contributed by atoms with Crippen molar-refractivity contribution in [2.24, 2.45) is 17.6 Å². The number of nitrogens with one attached hydrogen (secondary N) is 7. The van der Waals surface area contributed by atoms with Gasteiger partial charge in [-0.2, -0.15) is 0 Å². The van der Waals surface area contributed by atoms with Crippen molar-refractivity contribution in [1.82, 2.24) is 52.2 Å². The van der Waals surface area contributed by atoms with Crippen LogP contribution in [0.2, 0.25) is 0 Å². The largest absolute Gasteiger partial charge is 0.508 e. The Bertz CT molecular complexity index is 2330. The topological polar surface area (TPSA) is 333 Å². The Morgan fingerprint density at radius 3 is 2.17 bits per heavy atom. The molecule has 1 aromatic carbocycles. The lowest BCUT2D eigenvalue weighted by Gasteiger charge is -2.40. The molecule has 0 bridgehead atoms. The van der Waals surface area contributed by atoms with Gasteiger partial charge in [-0.05, 0) is 87.2 Å². The van der Waals surface area contributed by atoms with Crippen molar-refractivity contribution in [3.63, 3.8) is 0 Å². The molecule has 1 saturated heterocycles. The maximum Gasteiger partial charge on any atom is 0.426 e. The number of rotatable bonds is 35. The van der Waals surface area contributed by atoms with Crippen molar-refractivity contribution in [3.05, 3.63) is 45.4 Å². The lowest BCUT2D eigenvalue weighted by Crippen LogP contribution is -2.58. The lowest BCUT2D eigenvalue weighted by atomic mass is 9.79. The standard InChI is InChI=1S/C55H89N11O14S/c1-8-17-66(54(74)49(36(6)10-3)62-52(73)43-13-11-12-18-65(43)7)44(35(4)5)30-45(79-19-9-2)53-61-42(34-81-53)51(72)60-38-27-37-14-15-39(67)29-40(37)41(28-38)50(71)63-64-55(75)80-26-25-78-24-23-77-22-21-76-20-16-57-47(69)32-59-48(70)33-58-46(68)31-56/h14-15,29,34-36,38,41,43-45,49,67H,8-13,16-28,30-33,56H2,1-7H3,(H,57,69)(H,58,68)(H,59,70)(H,60,72)(H,62,73)(H,63,71)(H,64,75)/t36-,38?,41+,43+,44+,45+,49-/m0/s1. The first-order valence-corrected chi connectivity index (χ1v) is 29.3. The number of fused-ring (bicyclic) bond motifs is 1. The summed E-state index contributed by atoms with van der Waals surface area (Å²) in [4.78, 5) is 112. The van der Waals surface area contributed by atoms with Gasteiger partial charge in [0.2, 0.25) is 35.4 Å². The number of likely N-dealkylation sites (N-methyl/N-ethyl adjacent to an activating group) is 1. The van der Waals surface area contributed by atoms with Gasteiger partial charge in [0.1, 0.15) is 35.2 Å². The first-order valence-electron chi connectivity index (χ1n) is 28.4. The van der Waals surface area contributed by atoms with Gasteiger partial charge in [0.05, 0.1) is 71.2 Å². The number of piperidine rings is 1. The van der Waals surface area contributed by atoms with E-state index in [1.54, 1.807) is 11.4 Å². The number of thiazole rings is 1. The molecule has 1 fully saturated rings. The van der Waals surface area contributed by atoms with Crippen LogP contribution in [0, 0.1) is 11.8 Å². The fourth-order valence-corrected chi connectivity index (χ4v) is 10.3. The fraction of sp³-hybridized carbons (Fsp3) is 0.691. The molecule has 2 heterocycles. The minimum atomic E-state index is -0.932. The summed E-state index contributed by atoms with van der Waals surface area (Å²) in [6.45, 7) is 14.5. The zero-order valence-corrected chi connectivity index (χ0v) is 49.1. The number of nitrogens with two attached hydrogens (primary N) is 1. The van der Waals surface area contributed by atoms with Gasteiger partial charge in [0.25, 0.3) is 5.91 Å². The van der Waals surface area contributed by atoms with Crippen LogP contribution in [0.25, 0.3) is 0 Å². The molecule has 4 rings (SSSR count). The second kappa shape index (κ2) is 36.4. The third-order valence-electron chi connectivity index (χ3n) is 14.1. The smallest absolute Gasteiger partial charge is 0.426 e. The lowest BCUT2D eigenvalue weighted by molar-refractivity contribution is -0.143. The van der Waals surface area contributed by atoms with E-state index in [2.05, 4.69) is 56.2 Å². The Kier molecular flexibility index (Phi) is 30.4. The van der Waals surface area contributed by atoms with Gasteiger partial charge in [0.15, 0.2) is 0 Å². The maximum atomic E-state index is 14.8. The molecule has 0 radical (unpaired) electrons. The van der Waals surface area contributed by atoms with E-state index >= 15 is 0 Å². The van der Waals surface area contributed by atoms with Crippen LogP contribution >= 0.6 is 11.3 Å². The number of benzene rings is 1. The van der Waals surface area contributed by atoms with Gasteiger partial charge in [-0.1, -0.05) is 60.5 Å². The first-order chi connectivity index (χ1) is 38.9. The predicted molar refractivity (Wildman–Crippen MR) is 302 cm³/mol. The summed E-state index contributed by atoms with van der Waals surface area (Å²) in [7, 11) is 1.96. The minimum Gasteiger partial charge on any atom is -0.508 e. The van der Waals surface area contributed by atoms with Gasteiger partial charge < -0.3 is 66.0 Å². The number of ether oxygens (including phenoxy) is 5. The monoisotopic (exact) mass is 1160 g/mol. The van der Waals surface area contributed by atoms with Crippen molar-refractivity contribution < 1.29 is 67.1 Å². The Morgan fingerprint density at radius 2 is 1.52 bits per heavy atom. The van der Waals surface area contributed by atoms with E-state index < -0.39 is 59.7 Å². The fourth-order valence-electron chi connectivity index (χ4n) is 9.48. The molecule has 0 spiro atoms. The Balaban J connectivity index is 1.25. The number of hydrogen-bond acceptors (Lipinski definition) is 18. The summed E-state index contributed by atoms with van der Waals surface area (Å²) in [5, 5.41) is 26.1. The average Bonchev–Trinajstić information content (AvgIpc) is 3.98. The average molecular weight is 1160 g/mol.